The molecule has 184 valence electrons. The maximum Gasteiger partial charge on any atom is 0.250 e. The molecule has 2 aromatic rings. The Morgan fingerprint density at radius 3 is 1.97 bits per heavy atom. The molecule has 0 heterocycles. The van der Waals surface area contributed by atoms with Crippen molar-refractivity contribution in [2.45, 2.75) is 32.1 Å². The van der Waals surface area contributed by atoms with Crippen molar-refractivity contribution in [1.29, 1.82) is 1.12 Å². The van der Waals surface area contributed by atoms with Crippen LogP contribution in [0.4, 0.5) is 11.4 Å². The monoisotopic (exact) mass is 487 g/mol. The summed E-state index contributed by atoms with van der Waals surface area (Å²) in [6, 6.07) is 11.7. The number of thiol groups is 1. The molecule has 0 saturated carbocycles. The average Bonchev–Trinajstić information content (AvgIpc) is 3.14. The maximum atomic E-state index is 12.3. The van der Waals surface area contributed by atoms with Crippen molar-refractivity contribution >= 4 is 35.7 Å². The van der Waals surface area contributed by atoms with Gasteiger partial charge in [0, 0.05) is 50.0 Å². The fourth-order valence-corrected chi connectivity index (χ4v) is 4.33. The molecular formula is C26H34N2O5S. The number of nitrogens with one attached hydrogen (secondary N) is 2. The highest BCUT2D eigenvalue weighted by atomic mass is 32.1. The van der Waals surface area contributed by atoms with Crippen molar-refractivity contribution in [3.63, 3.8) is 0 Å². The number of fused-ring (bicyclic) bond motifs is 3. The summed E-state index contributed by atoms with van der Waals surface area (Å²) in [6.07, 6.45) is 2.69. The molecule has 0 aliphatic heterocycles. The minimum absolute atomic E-state index is 0.0118. The van der Waals surface area contributed by atoms with E-state index in [1.807, 2.05) is 36.4 Å². The van der Waals surface area contributed by atoms with E-state index in [0.717, 1.165) is 54.0 Å². The van der Waals surface area contributed by atoms with Gasteiger partial charge in [-0.05, 0) is 59.4 Å². The molecule has 7 nitrogen and oxygen atoms in total. The molecule has 0 aromatic heterocycles. The summed E-state index contributed by atoms with van der Waals surface area (Å²) in [5, 5.41) is 5.81. The fourth-order valence-electron chi connectivity index (χ4n) is 3.97. The number of amides is 2. The quantitative estimate of drug-likeness (QED) is 0.255. The molecule has 2 amide bonds. The second-order valence-electron chi connectivity index (χ2n) is 8.22. The van der Waals surface area contributed by atoms with Crippen molar-refractivity contribution in [1.82, 2.24) is 0 Å². The summed E-state index contributed by atoms with van der Waals surface area (Å²) in [6.45, 7) is 3.73. The molecule has 0 saturated heterocycles. The maximum absolute atomic E-state index is 12.3. The van der Waals surface area contributed by atoms with E-state index in [2.05, 4.69) is 17.6 Å². The molecule has 1 aliphatic rings. The zero-order valence-electron chi connectivity index (χ0n) is 20.9. The van der Waals surface area contributed by atoms with Crippen LogP contribution in [0.25, 0.3) is 11.1 Å². The third-order valence-electron chi connectivity index (χ3n) is 5.62. The second-order valence-corrected chi connectivity index (χ2v) is 8.56. The zero-order chi connectivity index (χ0) is 25.0. The molecule has 8 heteroatoms. The molecule has 1 aliphatic carbocycles. The first-order valence-electron chi connectivity index (χ1n) is 12.1. The summed E-state index contributed by atoms with van der Waals surface area (Å²) >= 11 is 1.02. The van der Waals surface area contributed by atoms with Gasteiger partial charge in [-0.3, -0.25) is 9.59 Å². The average molecular weight is 488 g/mol. The Bertz CT molecular complexity index is 1000. The Balaban J connectivity index is 1.67. The number of hydrogen-bond donors (Lipinski definition) is 3. The Kier molecular flexibility index (Phi) is 9.81. The molecule has 0 spiro atoms. The van der Waals surface area contributed by atoms with E-state index in [4.69, 9.17) is 15.3 Å². The predicted octanol–water partition coefficient (Wildman–Crippen LogP) is 4.48. The number of methoxy groups -OCH3 is 1. The van der Waals surface area contributed by atoms with Crippen molar-refractivity contribution in [2.75, 3.05) is 56.5 Å². The van der Waals surface area contributed by atoms with Gasteiger partial charge in [-0.1, -0.05) is 25.5 Å². The number of carbonyl (C=O) groups excluding carboxylic acids is 2. The molecule has 0 radical (unpaired) electrons. The van der Waals surface area contributed by atoms with Gasteiger partial charge in [-0.25, -0.2) is 0 Å². The SMILES string of the molecule is [2H]SCC1c2cc(NC(=O)COCCCC)ccc2-c2ccc(NC(=O)COCCCOC)cc21. The first-order valence-corrected chi connectivity index (χ1v) is 12.3. The highest BCUT2D eigenvalue weighted by molar-refractivity contribution is 7.80. The highest BCUT2D eigenvalue weighted by Gasteiger charge is 2.28. The smallest absolute Gasteiger partial charge is 0.250 e. The van der Waals surface area contributed by atoms with Gasteiger partial charge < -0.3 is 24.8 Å². The predicted molar refractivity (Wildman–Crippen MR) is 138 cm³/mol. The standard InChI is InChI=1S/C26H34N2O5S/c1-3-4-11-32-15-25(29)27-18-6-8-20-21-9-7-19(14-23(21)24(17-34)22(20)13-18)28-26(30)16-33-12-5-10-31-2/h6-9,13-14,24,34H,3-5,10-12,15-17H2,1-2H3,(H,27,29)(H,28,30)/i/hD. The van der Waals surface area contributed by atoms with E-state index < -0.39 is 0 Å². The van der Waals surface area contributed by atoms with Crippen LogP contribution in [0.5, 0.6) is 0 Å². The lowest BCUT2D eigenvalue weighted by Crippen LogP contribution is -2.19. The molecule has 0 fully saturated rings. The van der Waals surface area contributed by atoms with E-state index in [-0.39, 0.29) is 30.9 Å². The molecular weight excluding hydrogens is 452 g/mol. The third kappa shape index (κ3) is 7.06. The van der Waals surface area contributed by atoms with E-state index in [1.54, 1.807) is 7.11 Å². The number of ether oxygens (including phenoxy) is 3. The molecule has 34 heavy (non-hydrogen) atoms. The Hall–Kier alpha value is -2.39. The van der Waals surface area contributed by atoms with Crippen LogP contribution in [0.2, 0.25) is 0 Å². The van der Waals surface area contributed by atoms with Gasteiger partial charge in [0.1, 0.15) is 14.3 Å². The fraction of sp³-hybridized carbons (Fsp3) is 0.462. The van der Waals surface area contributed by atoms with Gasteiger partial charge in [0.2, 0.25) is 11.8 Å². The van der Waals surface area contributed by atoms with Crippen molar-refractivity contribution in [2.24, 2.45) is 0 Å². The number of anilines is 2. The summed E-state index contributed by atoms with van der Waals surface area (Å²) in [4.78, 5) is 24.5. The molecule has 3 rings (SSSR count). The van der Waals surface area contributed by atoms with Gasteiger partial charge >= 0.3 is 0 Å². The van der Waals surface area contributed by atoms with E-state index in [9.17, 15) is 9.59 Å². The molecule has 2 aromatic carbocycles. The topological polar surface area (TPSA) is 85.9 Å². The first-order chi connectivity index (χ1) is 17.1. The highest BCUT2D eigenvalue weighted by Crippen LogP contribution is 2.47. The largest absolute Gasteiger partial charge is 0.385 e. The van der Waals surface area contributed by atoms with Crippen LogP contribution in [0.15, 0.2) is 36.4 Å². The van der Waals surface area contributed by atoms with Crippen LogP contribution in [0.3, 0.4) is 0 Å². The van der Waals surface area contributed by atoms with Crippen LogP contribution in [0, 0.1) is 0 Å². The zero-order valence-corrected chi connectivity index (χ0v) is 20.7. The summed E-state index contributed by atoms with van der Waals surface area (Å²) in [5.74, 6) is 0.160. The summed E-state index contributed by atoms with van der Waals surface area (Å²) in [5.41, 5.74) is 5.68. The van der Waals surface area contributed by atoms with Gasteiger partial charge in [0.05, 0.1) is 0 Å². The lowest BCUT2D eigenvalue weighted by Gasteiger charge is -2.13. The molecule has 1 unspecified atom stereocenters. The van der Waals surface area contributed by atoms with Gasteiger partial charge in [0.25, 0.3) is 0 Å². The van der Waals surface area contributed by atoms with Crippen LogP contribution >= 0.6 is 12.5 Å². The summed E-state index contributed by atoms with van der Waals surface area (Å²) < 4.78 is 23.5. The van der Waals surface area contributed by atoms with Crippen molar-refractivity contribution < 1.29 is 23.8 Å². The number of benzene rings is 2. The molecule has 1 atom stereocenters. The number of unbranched alkanes of at least 4 members (excludes halogenated alkanes) is 1. The first kappa shape index (κ1) is 24.7. The van der Waals surface area contributed by atoms with Crippen LogP contribution in [0.1, 0.15) is 43.2 Å². The van der Waals surface area contributed by atoms with Gasteiger partial charge in [-0.2, -0.15) is 12.5 Å². The number of carbonyl (C=O) groups is 2. The van der Waals surface area contributed by atoms with E-state index >= 15 is 0 Å². The van der Waals surface area contributed by atoms with Crippen LogP contribution < -0.4 is 10.6 Å². The van der Waals surface area contributed by atoms with Gasteiger partial charge in [0.15, 0.2) is 0 Å². The Morgan fingerprint density at radius 1 is 0.912 bits per heavy atom. The minimum atomic E-state index is -0.213. The van der Waals surface area contributed by atoms with Gasteiger partial charge in [-0.15, -0.1) is 0 Å². The van der Waals surface area contributed by atoms with Crippen LogP contribution in [-0.2, 0) is 23.8 Å². The van der Waals surface area contributed by atoms with E-state index in [1.165, 1.54) is 0 Å². The third-order valence-corrected chi connectivity index (χ3v) is 5.96. The van der Waals surface area contributed by atoms with Crippen LogP contribution in [-0.4, -0.2) is 58.8 Å². The second kappa shape index (κ2) is 13.5. The normalized spacial score (nSPS) is 14.3. The Morgan fingerprint density at radius 2 is 1.47 bits per heavy atom. The number of rotatable bonds is 15. The Labute approximate surface area is 208 Å². The molecule has 2 N–H and O–H groups in total. The van der Waals surface area contributed by atoms with Crippen molar-refractivity contribution in [3.8, 4) is 11.1 Å². The minimum Gasteiger partial charge on any atom is -0.385 e. The lowest BCUT2D eigenvalue weighted by atomic mass is 9.98. The number of hydrogen-bond acceptors (Lipinski definition) is 6. The summed E-state index contributed by atoms with van der Waals surface area (Å²) in [7, 11) is 1.63. The van der Waals surface area contributed by atoms with E-state index in [0.29, 0.717) is 36.9 Å². The lowest BCUT2D eigenvalue weighted by molar-refractivity contribution is -0.121. The van der Waals surface area contributed by atoms with Crippen molar-refractivity contribution in [3.05, 3.63) is 47.5 Å². The molecule has 0 bridgehead atoms.